The summed E-state index contributed by atoms with van der Waals surface area (Å²) in [6, 6.07) is 6.34. The fourth-order valence-electron chi connectivity index (χ4n) is 1.70. The number of hydrogen-bond donors (Lipinski definition) is 2. The molecule has 0 aliphatic carbocycles. The monoisotopic (exact) mass is 261 g/mol. The highest BCUT2D eigenvalue weighted by Gasteiger charge is 2.30. The second-order valence-corrected chi connectivity index (χ2v) is 3.99. The van der Waals surface area contributed by atoms with Gasteiger partial charge < -0.3 is 10.0 Å². The maximum absolute atomic E-state index is 12.3. The Hall–Kier alpha value is -1.05. The van der Waals surface area contributed by atoms with E-state index in [1.807, 2.05) is 0 Å². The molecule has 0 unspecified atom stereocenters. The van der Waals surface area contributed by atoms with Crippen molar-refractivity contribution >= 4 is 12.6 Å². The zero-order valence-corrected chi connectivity index (χ0v) is 9.98. The fraction of sp³-hybridized carbons (Fsp3) is 0.455. The van der Waals surface area contributed by atoms with Gasteiger partial charge in [-0.2, -0.15) is 13.2 Å². The predicted molar refractivity (Wildman–Crippen MR) is 63.3 cm³/mol. The Balaban J connectivity index is 2.82. The Bertz CT molecular complexity index is 385. The van der Waals surface area contributed by atoms with Crippen LogP contribution >= 0.6 is 0 Å². The molecule has 100 valence electrons. The van der Waals surface area contributed by atoms with Crippen LogP contribution < -0.4 is 5.46 Å². The lowest BCUT2D eigenvalue weighted by Gasteiger charge is -2.23. The first-order valence-corrected chi connectivity index (χ1v) is 5.56. The van der Waals surface area contributed by atoms with E-state index in [4.69, 9.17) is 10.0 Å². The van der Waals surface area contributed by atoms with Gasteiger partial charge in [0.25, 0.3) is 0 Å². The summed E-state index contributed by atoms with van der Waals surface area (Å²) >= 11 is 0. The second-order valence-electron chi connectivity index (χ2n) is 3.99. The summed E-state index contributed by atoms with van der Waals surface area (Å²) in [6.45, 7) is 0.877. The maximum atomic E-state index is 12.3. The number of halogens is 3. The van der Waals surface area contributed by atoms with Gasteiger partial charge in [0.1, 0.15) is 0 Å². The number of benzene rings is 1. The lowest BCUT2D eigenvalue weighted by molar-refractivity contribution is -0.146. The minimum absolute atomic E-state index is 0.0316. The summed E-state index contributed by atoms with van der Waals surface area (Å²) in [5.74, 6) is 0. The van der Waals surface area contributed by atoms with Crippen molar-refractivity contribution in [2.75, 3.05) is 13.1 Å². The molecule has 7 heteroatoms. The third-order valence-electron chi connectivity index (χ3n) is 2.58. The molecule has 0 aliphatic heterocycles. The third kappa shape index (κ3) is 4.68. The molecule has 0 spiro atoms. The highest BCUT2D eigenvalue weighted by molar-refractivity contribution is 6.59. The normalized spacial score (nSPS) is 11.9. The Morgan fingerprint density at radius 3 is 2.33 bits per heavy atom. The molecule has 0 saturated carbocycles. The largest absolute Gasteiger partial charge is 0.488 e. The predicted octanol–water partition coefficient (Wildman–Crippen LogP) is 0.751. The van der Waals surface area contributed by atoms with Crippen LogP contribution in [0.25, 0.3) is 0 Å². The SMILES string of the molecule is CCN(Cc1ccccc1B(O)O)CC(F)(F)F. The van der Waals surface area contributed by atoms with Gasteiger partial charge in [0, 0.05) is 6.54 Å². The first kappa shape index (κ1) is 15.0. The van der Waals surface area contributed by atoms with Crippen LogP contribution in [0.4, 0.5) is 13.2 Å². The van der Waals surface area contributed by atoms with Crippen molar-refractivity contribution in [1.29, 1.82) is 0 Å². The summed E-state index contributed by atoms with van der Waals surface area (Å²) in [5, 5.41) is 18.3. The number of alkyl halides is 3. The molecule has 3 nitrogen and oxygen atoms in total. The van der Waals surface area contributed by atoms with Gasteiger partial charge in [0.15, 0.2) is 0 Å². The summed E-state index contributed by atoms with van der Waals surface area (Å²) in [4.78, 5) is 1.20. The molecule has 1 rings (SSSR count). The van der Waals surface area contributed by atoms with Crippen LogP contribution in [0.2, 0.25) is 0 Å². The van der Waals surface area contributed by atoms with Gasteiger partial charge in [0.2, 0.25) is 0 Å². The average molecular weight is 261 g/mol. The first-order chi connectivity index (χ1) is 8.33. The van der Waals surface area contributed by atoms with E-state index in [0.717, 1.165) is 0 Å². The van der Waals surface area contributed by atoms with Crippen molar-refractivity contribution in [3.63, 3.8) is 0 Å². The Morgan fingerprint density at radius 2 is 1.83 bits per heavy atom. The van der Waals surface area contributed by atoms with E-state index in [2.05, 4.69) is 0 Å². The quantitative estimate of drug-likeness (QED) is 0.769. The van der Waals surface area contributed by atoms with Crippen LogP contribution in [0, 0.1) is 0 Å². The van der Waals surface area contributed by atoms with Gasteiger partial charge in [-0.15, -0.1) is 0 Å². The fourth-order valence-corrected chi connectivity index (χ4v) is 1.70. The zero-order chi connectivity index (χ0) is 13.8. The minimum atomic E-state index is -4.26. The summed E-state index contributed by atoms with van der Waals surface area (Å²) in [6.07, 6.45) is -4.26. The van der Waals surface area contributed by atoms with Gasteiger partial charge >= 0.3 is 13.3 Å². The van der Waals surface area contributed by atoms with Gasteiger partial charge in [-0.05, 0) is 17.6 Å². The molecule has 0 radical (unpaired) electrons. The smallest absolute Gasteiger partial charge is 0.423 e. The van der Waals surface area contributed by atoms with Crippen LogP contribution in [-0.2, 0) is 6.54 Å². The summed E-state index contributed by atoms with van der Waals surface area (Å²) in [5.41, 5.74) is 0.719. The highest BCUT2D eigenvalue weighted by atomic mass is 19.4. The van der Waals surface area contributed by atoms with Crippen molar-refractivity contribution in [2.45, 2.75) is 19.6 Å². The van der Waals surface area contributed by atoms with E-state index in [1.165, 1.54) is 11.0 Å². The molecule has 0 bridgehead atoms. The van der Waals surface area contributed by atoms with Crippen molar-refractivity contribution < 1.29 is 23.2 Å². The summed E-state index contributed by atoms with van der Waals surface area (Å²) < 4.78 is 36.9. The van der Waals surface area contributed by atoms with E-state index >= 15 is 0 Å². The molecule has 2 N–H and O–H groups in total. The Kier molecular flexibility index (Phi) is 5.19. The molecule has 0 aromatic heterocycles. The van der Waals surface area contributed by atoms with E-state index in [0.29, 0.717) is 5.56 Å². The number of rotatable bonds is 5. The van der Waals surface area contributed by atoms with Crippen LogP contribution in [-0.4, -0.2) is 41.3 Å². The van der Waals surface area contributed by atoms with Crippen molar-refractivity contribution in [3.8, 4) is 0 Å². The zero-order valence-electron chi connectivity index (χ0n) is 9.98. The molecule has 18 heavy (non-hydrogen) atoms. The molecule has 1 aromatic rings. The van der Waals surface area contributed by atoms with Crippen LogP contribution in [0.3, 0.4) is 0 Å². The van der Waals surface area contributed by atoms with Crippen LogP contribution in [0.5, 0.6) is 0 Å². The number of hydrogen-bond acceptors (Lipinski definition) is 3. The van der Waals surface area contributed by atoms with E-state index in [9.17, 15) is 13.2 Å². The first-order valence-electron chi connectivity index (χ1n) is 5.56. The van der Waals surface area contributed by atoms with E-state index in [1.54, 1.807) is 25.1 Å². The minimum Gasteiger partial charge on any atom is -0.423 e. The van der Waals surface area contributed by atoms with Crippen molar-refractivity contribution in [3.05, 3.63) is 29.8 Å². The van der Waals surface area contributed by atoms with Crippen LogP contribution in [0.1, 0.15) is 12.5 Å². The molecular weight excluding hydrogens is 246 g/mol. The van der Waals surface area contributed by atoms with Crippen LogP contribution in [0.15, 0.2) is 24.3 Å². The van der Waals surface area contributed by atoms with Crippen molar-refractivity contribution in [1.82, 2.24) is 4.90 Å². The topological polar surface area (TPSA) is 43.7 Å². The lowest BCUT2D eigenvalue weighted by atomic mass is 9.77. The van der Waals surface area contributed by atoms with Gasteiger partial charge in [0.05, 0.1) is 6.54 Å². The molecule has 0 fully saturated rings. The molecule has 0 aliphatic rings. The highest BCUT2D eigenvalue weighted by Crippen LogP contribution is 2.17. The molecule has 0 atom stereocenters. The molecule has 0 amide bonds. The maximum Gasteiger partial charge on any atom is 0.488 e. The van der Waals surface area contributed by atoms with E-state index in [-0.39, 0.29) is 18.6 Å². The average Bonchev–Trinajstić information content (AvgIpc) is 2.26. The second kappa shape index (κ2) is 6.22. The molecule has 0 saturated heterocycles. The molecule has 0 heterocycles. The Labute approximate surface area is 104 Å². The summed E-state index contributed by atoms with van der Waals surface area (Å²) in [7, 11) is -1.68. The Morgan fingerprint density at radius 1 is 1.22 bits per heavy atom. The molecular formula is C11H15BF3NO2. The van der Waals surface area contributed by atoms with E-state index < -0.39 is 19.8 Å². The van der Waals surface area contributed by atoms with Gasteiger partial charge in [-0.25, -0.2) is 0 Å². The lowest BCUT2D eigenvalue weighted by Crippen LogP contribution is -2.38. The third-order valence-corrected chi connectivity index (χ3v) is 2.58. The van der Waals surface area contributed by atoms with Crippen molar-refractivity contribution in [2.24, 2.45) is 0 Å². The van der Waals surface area contributed by atoms with Gasteiger partial charge in [-0.3, -0.25) is 4.90 Å². The van der Waals surface area contributed by atoms with Gasteiger partial charge in [-0.1, -0.05) is 31.2 Å². The standard InChI is InChI=1S/C11H15BF3NO2/c1-2-16(8-11(13,14)15)7-9-5-3-4-6-10(9)12(17)18/h3-6,17-18H,2,7-8H2,1H3. The molecule has 1 aromatic carbocycles. The number of nitrogens with zero attached hydrogens (tertiary/aromatic N) is 1.